The van der Waals surface area contributed by atoms with Gasteiger partial charge in [0.25, 0.3) is 10.0 Å². The van der Waals surface area contributed by atoms with Crippen LogP contribution in [0.25, 0.3) is 21.8 Å². The van der Waals surface area contributed by atoms with Crippen LogP contribution in [0.4, 0.5) is 0 Å². The van der Waals surface area contributed by atoms with E-state index < -0.39 is 10.0 Å². The number of aromatic nitrogens is 2. The molecule has 3 aromatic carbocycles. The number of carbonyl (C=O) groups excluding carboxylic acids is 1. The topological polar surface area (TPSA) is 93.2 Å². The fraction of sp³-hybridized carbons (Fsp3) is 0.207. The van der Waals surface area contributed by atoms with Gasteiger partial charge in [-0.05, 0) is 49.2 Å². The van der Waals surface area contributed by atoms with Crippen LogP contribution < -0.4 is 10.1 Å². The van der Waals surface area contributed by atoms with Crippen LogP contribution in [-0.4, -0.2) is 23.3 Å². The molecule has 2 N–H and O–H groups in total. The number of nitrogens with one attached hydrogen (secondary N) is 2. The number of nitrogens with zero attached hydrogens (tertiary/aromatic N) is 1. The molecule has 1 aliphatic carbocycles. The molecule has 2 heterocycles. The summed E-state index contributed by atoms with van der Waals surface area (Å²) >= 11 is 6.54. The van der Waals surface area contributed by atoms with Crippen molar-refractivity contribution >= 4 is 49.3 Å². The number of carbonyl (C=O) groups is 1. The minimum absolute atomic E-state index is 0.00578. The Morgan fingerprint density at radius 2 is 1.76 bits per heavy atom. The number of para-hydroxylation sites is 1. The Hall–Kier alpha value is -3.75. The number of H-pyrrole nitrogens is 1. The van der Waals surface area contributed by atoms with Gasteiger partial charge in [-0.25, -0.2) is 12.4 Å². The largest absolute Gasteiger partial charge is 0.486 e. The average Bonchev–Trinajstić information content (AvgIpc) is 3.38. The summed E-state index contributed by atoms with van der Waals surface area (Å²) in [4.78, 5) is 15.8. The molecule has 0 radical (unpaired) electrons. The van der Waals surface area contributed by atoms with E-state index in [-0.39, 0.29) is 22.8 Å². The standard InChI is InChI=1S/C29H26ClN3O4S/c1-29(11-12-29)28(34)31-17-21-13-20-15-24(30)27(16-25(20)32-21)37-18-22-14-19-7-5-6-10-26(19)33(22)38(35,36)23-8-3-2-4-9-23/h2-10,13-16,32H,11-12,17-18H2,1H3,(H,31,34). The Morgan fingerprint density at radius 1 is 1.03 bits per heavy atom. The number of benzene rings is 3. The highest BCUT2D eigenvalue weighted by Crippen LogP contribution is 2.45. The maximum atomic E-state index is 13.6. The fourth-order valence-corrected chi connectivity index (χ4v) is 6.40. The molecule has 194 valence electrons. The smallest absolute Gasteiger partial charge is 0.268 e. The van der Waals surface area contributed by atoms with Crippen LogP contribution >= 0.6 is 11.6 Å². The van der Waals surface area contributed by atoms with Gasteiger partial charge in [0.15, 0.2) is 0 Å². The van der Waals surface area contributed by atoms with E-state index in [0.29, 0.717) is 28.5 Å². The maximum Gasteiger partial charge on any atom is 0.268 e. The van der Waals surface area contributed by atoms with E-state index in [1.54, 1.807) is 48.5 Å². The summed E-state index contributed by atoms with van der Waals surface area (Å²) in [5.74, 6) is 0.495. The second-order valence-corrected chi connectivity index (χ2v) is 12.2. The van der Waals surface area contributed by atoms with E-state index in [4.69, 9.17) is 16.3 Å². The molecule has 1 fully saturated rings. The third kappa shape index (κ3) is 4.44. The first-order valence-corrected chi connectivity index (χ1v) is 14.2. The van der Waals surface area contributed by atoms with Crippen LogP contribution in [-0.2, 0) is 28.0 Å². The van der Waals surface area contributed by atoms with Crippen molar-refractivity contribution in [3.05, 3.63) is 95.3 Å². The summed E-state index contributed by atoms with van der Waals surface area (Å²) in [6.07, 6.45) is 1.85. The Kier molecular flexibility index (Phi) is 5.96. The van der Waals surface area contributed by atoms with E-state index in [9.17, 15) is 13.2 Å². The first kappa shape index (κ1) is 24.6. The number of hydrogen-bond donors (Lipinski definition) is 2. The van der Waals surface area contributed by atoms with Crippen LogP contribution in [0, 0.1) is 5.41 Å². The molecule has 5 aromatic rings. The second kappa shape index (κ2) is 9.22. The number of halogens is 1. The van der Waals surface area contributed by atoms with Crippen molar-refractivity contribution in [1.82, 2.24) is 14.3 Å². The molecule has 1 aliphatic rings. The molecule has 38 heavy (non-hydrogen) atoms. The minimum Gasteiger partial charge on any atom is -0.486 e. The molecule has 1 amide bonds. The molecule has 7 nitrogen and oxygen atoms in total. The van der Waals surface area contributed by atoms with E-state index in [0.717, 1.165) is 34.8 Å². The van der Waals surface area contributed by atoms with Gasteiger partial charge in [-0.15, -0.1) is 0 Å². The molecule has 0 saturated heterocycles. The molecule has 6 rings (SSSR count). The number of hydrogen-bond acceptors (Lipinski definition) is 4. The monoisotopic (exact) mass is 547 g/mol. The summed E-state index contributed by atoms with van der Waals surface area (Å²) in [6.45, 7) is 2.37. The zero-order chi connectivity index (χ0) is 26.5. The van der Waals surface area contributed by atoms with Gasteiger partial charge in [-0.3, -0.25) is 4.79 Å². The van der Waals surface area contributed by atoms with Crippen molar-refractivity contribution in [3.63, 3.8) is 0 Å². The molecule has 2 aromatic heterocycles. The van der Waals surface area contributed by atoms with E-state index in [1.807, 2.05) is 37.3 Å². The Labute approximate surface area is 225 Å². The van der Waals surface area contributed by atoms with E-state index >= 15 is 0 Å². The third-order valence-corrected chi connectivity index (χ3v) is 9.19. The van der Waals surface area contributed by atoms with Gasteiger partial charge in [0.05, 0.1) is 27.7 Å². The lowest BCUT2D eigenvalue weighted by molar-refractivity contribution is -0.125. The lowest BCUT2D eigenvalue weighted by atomic mass is 10.1. The molecule has 0 unspecified atom stereocenters. The summed E-state index contributed by atoms with van der Waals surface area (Å²) in [7, 11) is -3.86. The highest BCUT2D eigenvalue weighted by molar-refractivity contribution is 7.90. The van der Waals surface area contributed by atoms with Crippen LogP contribution in [0.15, 0.2) is 83.8 Å². The van der Waals surface area contributed by atoms with Gasteiger partial charge >= 0.3 is 0 Å². The molecule has 0 bridgehead atoms. The van der Waals surface area contributed by atoms with E-state index in [2.05, 4.69) is 10.3 Å². The molecule has 0 atom stereocenters. The van der Waals surface area contributed by atoms with Gasteiger partial charge in [0, 0.05) is 33.5 Å². The van der Waals surface area contributed by atoms with Crippen molar-refractivity contribution in [1.29, 1.82) is 0 Å². The number of rotatable bonds is 8. The molecule has 9 heteroatoms. The summed E-state index contributed by atoms with van der Waals surface area (Å²) < 4.78 is 34.6. The number of amides is 1. The molecular weight excluding hydrogens is 522 g/mol. The Balaban J connectivity index is 1.28. The predicted molar refractivity (Wildman–Crippen MR) is 148 cm³/mol. The van der Waals surface area contributed by atoms with Crippen LogP contribution in [0.5, 0.6) is 5.75 Å². The van der Waals surface area contributed by atoms with Gasteiger partial charge < -0.3 is 15.0 Å². The average molecular weight is 548 g/mol. The lowest BCUT2D eigenvalue weighted by Crippen LogP contribution is -2.29. The highest BCUT2D eigenvalue weighted by atomic mass is 35.5. The second-order valence-electron chi connectivity index (χ2n) is 9.97. The lowest BCUT2D eigenvalue weighted by Gasteiger charge is -2.13. The fourth-order valence-electron chi connectivity index (χ4n) is 4.62. The van der Waals surface area contributed by atoms with Crippen molar-refractivity contribution < 1.29 is 17.9 Å². The predicted octanol–water partition coefficient (Wildman–Crippen LogP) is 6.01. The van der Waals surface area contributed by atoms with Gasteiger partial charge in [0.1, 0.15) is 12.4 Å². The van der Waals surface area contributed by atoms with Gasteiger partial charge in [0.2, 0.25) is 5.91 Å². The van der Waals surface area contributed by atoms with Crippen molar-refractivity contribution in [2.45, 2.75) is 37.8 Å². The van der Waals surface area contributed by atoms with Crippen molar-refractivity contribution in [2.24, 2.45) is 5.41 Å². The van der Waals surface area contributed by atoms with Crippen LogP contribution in [0.2, 0.25) is 5.02 Å². The first-order valence-electron chi connectivity index (χ1n) is 12.4. The van der Waals surface area contributed by atoms with Gasteiger partial charge in [-0.2, -0.15) is 0 Å². The zero-order valence-corrected chi connectivity index (χ0v) is 22.3. The Bertz CT molecular complexity index is 1790. The van der Waals surface area contributed by atoms with Crippen molar-refractivity contribution in [3.8, 4) is 5.75 Å². The number of aromatic amines is 1. The Morgan fingerprint density at radius 3 is 2.53 bits per heavy atom. The van der Waals surface area contributed by atoms with E-state index in [1.165, 1.54) is 3.97 Å². The minimum atomic E-state index is -3.86. The maximum absolute atomic E-state index is 13.6. The van der Waals surface area contributed by atoms with Crippen molar-refractivity contribution in [2.75, 3.05) is 0 Å². The molecule has 0 spiro atoms. The van der Waals surface area contributed by atoms with Gasteiger partial charge in [-0.1, -0.05) is 54.9 Å². The molecule has 1 saturated carbocycles. The summed E-state index contributed by atoms with van der Waals surface area (Å²) in [5.41, 5.74) is 2.50. The number of ether oxygens (including phenoxy) is 1. The normalized spacial score (nSPS) is 14.6. The summed E-state index contributed by atoms with van der Waals surface area (Å²) in [6, 6.07) is 23.0. The molecule has 0 aliphatic heterocycles. The molecular formula is C29H26ClN3O4S. The van der Waals surface area contributed by atoms with Crippen LogP contribution in [0.1, 0.15) is 31.2 Å². The zero-order valence-electron chi connectivity index (χ0n) is 20.7. The SMILES string of the molecule is CC1(C(=O)NCc2cc3cc(Cl)c(OCc4cc5ccccc5n4S(=O)(=O)c4ccccc4)cc3[nH]2)CC1. The summed E-state index contributed by atoms with van der Waals surface area (Å²) in [5, 5.41) is 5.09. The number of fused-ring (bicyclic) bond motifs is 2. The highest BCUT2D eigenvalue weighted by Gasteiger charge is 2.44. The third-order valence-electron chi connectivity index (χ3n) is 7.11. The first-order chi connectivity index (χ1) is 18.2. The quantitative estimate of drug-likeness (QED) is 0.249. The van der Waals surface area contributed by atoms with Crippen LogP contribution in [0.3, 0.4) is 0 Å².